The molecular formula is C18H25F3N2OS. The van der Waals surface area contributed by atoms with Crippen molar-refractivity contribution in [3.05, 3.63) is 34.4 Å². The Balaban J connectivity index is 3.10. The van der Waals surface area contributed by atoms with Gasteiger partial charge >= 0.3 is 6.18 Å². The summed E-state index contributed by atoms with van der Waals surface area (Å²) >= 11 is 1.02. The predicted octanol–water partition coefficient (Wildman–Crippen LogP) is 4.40. The van der Waals surface area contributed by atoms with Crippen molar-refractivity contribution in [1.82, 2.24) is 5.01 Å². The van der Waals surface area contributed by atoms with Gasteiger partial charge < -0.3 is 0 Å². The number of halogens is 3. The molecule has 0 spiro atoms. The maximum Gasteiger partial charge on any atom is 0.432 e. The van der Waals surface area contributed by atoms with Crippen molar-refractivity contribution in [3.63, 3.8) is 0 Å². The lowest BCUT2D eigenvalue weighted by Gasteiger charge is -2.18. The molecule has 0 fully saturated rings. The number of alkyl halides is 3. The van der Waals surface area contributed by atoms with Gasteiger partial charge in [-0.1, -0.05) is 31.5 Å². The SMILES string of the molecule is CCc1cc(C)cc(CC)c1CC(=O)N(C)N=C(CSC)C(F)(F)F. The van der Waals surface area contributed by atoms with Crippen LogP contribution in [0.5, 0.6) is 0 Å². The van der Waals surface area contributed by atoms with Gasteiger partial charge in [0.15, 0.2) is 5.71 Å². The van der Waals surface area contributed by atoms with Crippen molar-refractivity contribution < 1.29 is 18.0 Å². The van der Waals surface area contributed by atoms with Crippen molar-refractivity contribution in [1.29, 1.82) is 0 Å². The average molecular weight is 374 g/mol. The normalized spacial score (nSPS) is 12.4. The molecule has 0 unspecified atom stereocenters. The molecule has 0 N–H and O–H groups in total. The number of aryl methyl sites for hydroxylation is 3. The Labute approximate surface area is 151 Å². The number of hydrogen-bond acceptors (Lipinski definition) is 3. The van der Waals surface area contributed by atoms with E-state index in [9.17, 15) is 18.0 Å². The molecular weight excluding hydrogens is 349 g/mol. The van der Waals surface area contributed by atoms with E-state index < -0.39 is 17.8 Å². The maximum absolute atomic E-state index is 13.0. The number of nitrogens with zero attached hydrogens (tertiary/aromatic N) is 2. The molecule has 1 amide bonds. The van der Waals surface area contributed by atoms with Crippen molar-refractivity contribution in [2.75, 3.05) is 19.1 Å². The van der Waals surface area contributed by atoms with Crippen molar-refractivity contribution >= 4 is 23.4 Å². The molecule has 0 saturated heterocycles. The summed E-state index contributed by atoms with van der Waals surface area (Å²) in [7, 11) is 1.28. The number of carbonyl (C=O) groups excluding carboxylic acids is 1. The van der Waals surface area contributed by atoms with Gasteiger partial charge in [-0.05, 0) is 42.7 Å². The molecule has 0 bridgehead atoms. The van der Waals surface area contributed by atoms with Crippen LogP contribution in [0.2, 0.25) is 0 Å². The zero-order chi connectivity index (χ0) is 19.2. The van der Waals surface area contributed by atoms with E-state index in [2.05, 4.69) is 5.10 Å². The molecule has 0 aromatic heterocycles. The molecule has 0 aliphatic heterocycles. The van der Waals surface area contributed by atoms with Crippen LogP contribution in [0.15, 0.2) is 17.2 Å². The average Bonchev–Trinajstić information content (AvgIpc) is 2.54. The van der Waals surface area contributed by atoms with E-state index >= 15 is 0 Å². The fourth-order valence-electron chi connectivity index (χ4n) is 2.64. The highest BCUT2D eigenvalue weighted by atomic mass is 32.2. The minimum atomic E-state index is -4.54. The summed E-state index contributed by atoms with van der Waals surface area (Å²) in [5, 5.41) is 4.33. The van der Waals surface area contributed by atoms with Crippen molar-refractivity contribution in [2.45, 2.75) is 46.2 Å². The van der Waals surface area contributed by atoms with Gasteiger partial charge in [0, 0.05) is 12.8 Å². The Hall–Kier alpha value is -1.50. The van der Waals surface area contributed by atoms with E-state index in [0.29, 0.717) is 0 Å². The molecule has 25 heavy (non-hydrogen) atoms. The Kier molecular flexibility index (Phi) is 7.99. The van der Waals surface area contributed by atoms with E-state index in [1.807, 2.05) is 32.9 Å². The monoisotopic (exact) mass is 374 g/mol. The van der Waals surface area contributed by atoms with E-state index in [1.54, 1.807) is 6.26 Å². The minimum Gasteiger partial charge on any atom is -0.273 e. The lowest BCUT2D eigenvalue weighted by Crippen LogP contribution is -2.32. The summed E-state index contributed by atoms with van der Waals surface area (Å²) in [4.78, 5) is 12.4. The highest BCUT2D eigenvalue weighted by molar-refractivity contribution is 7.99. The molecule has 0 saturated carbocycles. The third-order valence-electron chi connectivity index (χ3n) is 3.91. The van der Waals surface area contributed by atoms with Gasteiger partial charge in [-0.3, -0.25) is 4.79 Å². The number of carbonyl (C=O) groups is 1. The van der Waals surface area contributed by atoms with Gasteiger partial charge in [-0.2, -0.15) is 30.0 Å². The lowest BCUT2D eigenvalue weighted by molar-refractivity contribution is -0.129. The number of benzene rings is 1. The quantitative estimate of drug-likeness (QED) is 0.523. The van der Waals surface area contributed by atoms with Crippen LogP contribution in [0.25, 0.3) is 0 Å². The summed E-state index contributed by atoms with van der Waals surface area (Å²) in [5.74, 6) is -0.734. The first-order valence-corrected chi connectivity index (χ1v) is 9.54. The third-order valence-corrected chi connectivity index (χ3v) is 4.47. The molecule has 7 heteroatoms. The first kappa shape index (κ1) is 21.5. The topological polar surface area (TPSA) is 32.7 Å². The molecule has 0 heterocycles. The minimum absolute atomic E-state index is 0.0526. The molecule has 1 rings (SSSR count). The number of thioether (sulfide) groups is 1. The van der Waals surface area contributed by atoms with Gasteiger partial charge in [0.05, 0.1) is 6.42 Å². The van der Waals surface area contributed by atoms with E-state index in [1.165, 1.54) is 7.05 Å². The van der Waals surface area contributed by atoms with Crippen molar-refractivity contribution in [3.8, 4) is 0 Å². The first-order chi connectivity index (χ1) is 11.6. The van der Waals surface area contributed by atoms with E-state index in [4.69, 9.17) is 0 Å². The highest BCUT2D eigenvalue weighted by Crippen LogP contribution is 2.22. The van der Waals surface area contributed by atoms with Crippen LogP contribution in [0.4, 0.5) is 13.2 Å². The molecule has 3 nitrogen and oxygen atoms in total. The zero-order valence-corrected chi connectivity index (χ0v) is 16.1. The molecule has 1 aromatic carbocycles. The van der Waals surface area contributed by atoms with Crippen molar-refractivity contribution in [2.24, 2.45) is 5.10 Å². The molecule has 0 atom stereocenters. The van der Waals surface area contributed by atoms with Crippen LogP contribution in [0.1, 0.15) is 36.1 Å². The summed E-state index contributed by atoms with van der Waals surface area (Å²) in [6, 6.07) is 4.06. The van der Waals surface area contributed by atoms with Gasteiger partial charge in [0.1, 0.15) is 0 Å². The fraction of sp³-hybridized carbons (Fsp3) is 0.556. The van der Waals surface area contributed by atoms with Crippen LogP contribution in [-0.2, 0) is 24.1 Å². The molecule has 140 valence electrons. The Morgan fingerprint density at radius 2 is 1.72 bits per heavy atom. The smallest absolute Gasteiger partial charge is 0.273 e. The van der Waals surface area contributed by atoms with Crippen LogP contribution in [0.3, 0.4) is 0 Å². The lowest BCUT2D eigenvalue weighted by atomic mass is 9.92. The number of hydrazone groups is 1. The van der Waals surface area contributed by atoms with Gasteiger partial charge in [-0.15, -0.1) is 0 Å². The zero-order valence-electron chi connectivity index (χ0n) is 15.3. The van der Waals surface area contributed by atoms with Gasteiger partial charge in [0.25, 0.3) is 0 Å². The summed E-state index contributed by atoms with van der Waals surface area (Å²) < 4.78 is 38.9. The van der Waals surface area contributed by atoms with Crippen LogP contribution >= 0.6 is 11.8 Å². The fourth-order valence-corrected chi connectivity index (χ4v) is 3.13. The molecule has 0 radical (unpaired) electrons. The van der Waals surface area contributed by atoms with E-state index in [-0.39, 0.29) is 12.2 Å². The van der Waals surface area contributed by atoms with E-state index in [0.717, 1.165) is 51.9 Å². The molecule has 0 aliphatic carbocycles. The highest BCUT2D eigenvalue weighted by Gasteiger charge is 2.36. The number of amides is 1. The number of hydrogen-bond donors (Lipinski definition) is 0. The standard InChI is InChI=1S/C18H25F3N2OS/c1-6-13-8-12(3)9-14(7-2)15(13)10-17(24)23(4)22-16(11-25-5)18(19,20)21/h8-9H,6-7,10-11H2,1-5H3. The van der Waals surface area contributed by atoms with Crippen LogP contribution < -0.4 is 0 Å². The number of rotatable bonds is 7. The summed E-state index contributed by atoms with van der Waals surface area (Å²) in [6.07, 6.45) is -1.38. The molecule has 1 aromatic rings. The Morgan fingerprint density at radius 1 is 1.20 bits per heavy atom. The van der Waals surface area contributed by atoms with Crippen LogP contribution in [-0.4, -0.2) is 41.9 Å². The number of likely N-dealkylation sites (N-methyl/N-ethyl adjacent to an activating group) is 1. The predicted molar refractivity (Wildman–Crippen MR) is 98.3 cm³/mol. The Bertz CT molecular complexity index is 617. The van der Waals surface area contributed by atoms with Crippen LogP contribution in [0, 0.1) is 6.92 Å². The second kappa shape index (κ2) is 9.27. The van der Waals surface area contributed by atoms with Gasteiger partial charge in [0.2, 0.25) is 5.91 Å². The third kappa shape index (κ3) is 6.06. The second-order valence-electron chi connectivity index (χ2n) is 5.84. The maximum atomic E-state index is 13.0. The summed E-state index contributed by atoms with van der Waals surface area (Å²) in [5.41, 5.74) is 3.19. The largest absolute Gasteiger partial charge is 0.432 e. The molecule has 0 aliphatic rings. The summed E-state index contributed by atoms with van der Waals surface area (Å²) in [6.45, 7) is 6.01. The first-order valence-electron chi connectivity index (χ1n) is 8.15. The Morgan fingerprint density at radius 3 is 2.12 bits per heavy atom. The van der Waals surface area contributed by atoms with Gasteiger partial charge in [-0.25, -0.2) is 5.01 Å². The second-order valence-corrected chi connectivity index (χ2v) is 6.71.